The molecule has 236 valence electrons. The molecule has 1 aliphatic heterocycles. The quantitative estimate of drug-likeness (QED) is 0.273. The van der Waals surface area contributed by atoms with E-state index in [0.29, 0.717) is 41.3 Å². The van der Waals surface area contributed by atoms with Crippen LogP contribution in [0.5, 0.6) is 5.75 Å². The van der Waals surface area contributed by atoms with Crippen molar-refractivity contribution in [1.82, 2.24) is 29.5 Å². The molecule has 0 aliphatic carbocycles. The van der Waals surface area contributed by atoms with Crippen molar-refractivity contribution in [1.29, 1.82) is 0 Å². The molecule has 0 atom stereocenters. The highest BCUT2D eigenvalue weighted by molar-refractivity contribution is 6.03. The molecule has 4 aromatic rings. The van der Waals surface area contributed by atoms with Gasteiger partial charge in [-0.25, -0.2) is 28.6 Å². The Morgan fingerprint density at radius 1 is 1.09 bits per heavy atom. The molecule has 0 aromatic carbocycles. The Morgan fingerprint density at radius 3 is 2.34 bits per heavy atom. The van der Waals surface area contributed by atoms with E-state index in [2.05, 4.69) is 54.9 Å². The number of anilines is 1. The Hall–Kier alpha value is -4.35. The zero-order chi connectivity index (χ0) is 32.1. The van der Waals surface area contributed by atoms with Gasteiger partial charge in [0.05, 0.1) is 24.5 Å². The number of carbonyl (C=O) groups is 2. The van der Waals surface area contributed by atoms with Crippen LogP contribution in [0.25, 0.3) is 27.8 Å². The van der Waals surface area contributed by atoms with Gasteiger partial charge in [0.1, 0.15) is 17.7 Å². The second-order valence-corrected chi connectivity index (χ2v) is 13.7. The summed E-state index contributed by atoms with van der Waals surface area (Å²) in [6.45, 7) is 17.5. The fourth-order valence-corrected chi connectivity index (χ4v) is 6.17. The van der Waals surface area contributed by atoms with E-state index in [9.17, 15) is 14.7 Å². The van der Waals surface area contributed by atoms with Crippen molar-refractivity contribution in [2.24, 2.45) is 0 Å². The van der Waals surface area contributed by atoms with Crippen molar-refractivity contribution in [3.63, 3.8) is 0 Å². The molecule has 12 heteroatoms. The molecule has 0 bridgehead atoms. The Balaban J connectivity index is 1.65. The van der Waals surface area contributed by atoms with Crippen LogP contribution >= 0.6 is 0 Å². The third-order valence-electron chi connectivity index (χ3n) is 7.90. The van der Waals surface area contributed by atoms with Gasteiger partial charge in [-0.1, -0.05) is 34.6 Å². The number of fused-ring (bicyclic) bond motifs is 2. The maximum Gasteiger partial charge on any atom is 0.416 e. The van der Waals surface area contributed by atoms with E-state index in [1.54, 1.807) is 24.0 Å². The number of methoxy groups -OCH3 is 1. The standard InChI is InChI=1S/C32H43N7O5/c1-18(2)23-24-21(39(30(41)42)26(23)19-14-22(43-9)27-34-17-35-38(27)16-19)15-33-28(25(24)31(3,4)5)37-12-10-20(11-13-37)36-29(40)44-32(6,7)8/h14-18,20H,10-13H2,1-9H3,(H,36,40)(H,41,42). The van der Waals surface area contributed by atoms with Gasteiger partial charge in [0.2, 0.25) is 0 Å². The van der Waals surface area contributed by atoms with Crippen LogP contribution < -0.4 is 15.0 Å². The van der Waals surface area contributed by atoms with Crippen LogP contribution in [-0.4, -0.2) is 73.3 Å². The Labute approximate surface area is 257 Å². The Bertz CT molecular complexity index is 1720. The van der Waals surface area contributed by atoms with Gasteiger partial charge >= 0.3 is 12.2 Å². The smallest absolute Gasteiger partial charge is 0.416 e. The first kappa shape index (κ1) is 31.1. The Morgan fingerprint density at radius 2 is 1.77 bits per heavy atom. The van der Waals surface area contributed by atoms with Crippen LogP contribution in [0.1, 0.15) is 85.3 Å². The lowest BCUT2D eigenvalue weighted by Gasteiger charge is -2.36. The molecule has 44 heavy (non-hydrogen) atoms. The first-order valence-electron chi connectivity index (χ1n) is 15.0. The third kappa shape index (κ3) is 5.77. The van der Waals surface area contributed by atoms with Crippen molar-refractivity contribution >= 4 is 34.6 Å². The fourth-order valence-electron chi connectivity index (χ4n) is 6.17. The second-order valence-electron chi connectivity index (χ2n) is 13.7. The molecule has 0 unspecified atom stereocenters. The van der Waals surface area contributed by atoms with Crippen molar-refractivity contribution in [3.05, 3.63) is 35.9 Å². The number of rotatable bonds is 5. The van der Waals surface area contributed by atoms with Gasteiger partial charge in [-0.2, -0.15) is 5.10 Å². The van der Waals surface area contributed by atoms with E-state index in [4.69, 9.17) is 14.5 Å². The van der Waals surface area contributed by atoms with Crippen molar-refractivity contribution in [2.45, 2.75) is 91.2 Å². The number of carboxylic acid groups (broad SMARTS) is 1. The summed E-state index contributed by atoms with van der Waals surface area (Å²) in [5, 5.41) is 18.8. The molecule has 4 aromatic heterocycles. The van der Waals surface area contributed by atoms with E-state index in [1.165, 1.54) is 10.9 Å². The predicted molar refractivity (Wildman–Crippen MR) is 169 cm³/mol. The van der Waals surface area contributed by atoms with Gasteiger partial charge in [0.15, 0.2) is 11.4 Å². The maximum absolute atomic E-state index is 13.0. The SMILES string of the molecule is COc1cc(-c2c(C(C)C)c3c(C(C)(C)C)c(N4CCC(NC(=O)OC(C)(C)C)CC4)ncc3n2C(=O)O)cn2ncnc12. The monoisotopic (exact) mass is 605 g/mol. The molecular formula is C32H43N7O5. The van der Waals surface area contributed by atoms with E-state index in [0.717, 1.165) is 35.2 Å². The zero-order valence-electron chi connectivity index (χ0n) is 27.1. The number of alkyl carbamates (subject to hydrolysis) is 1. The maximum atomic E-state index is 13.0. The summed E-state index contributed by atoms with van der Waals surface area (Å²) < 4.78 is 14.0. The highest BCUT2D eigenvalue weighted by atomic mass is 16.6. The minimum absolute atomic E-state index is 0.00415. The molecule has 1 aliphatic rings. The van der Waals surface area contributed by atoms with Gasteiger partial charge < -0.3 is 24.8 Å². The van der Waals surface area contributed by atoms with Gasteiger partial charge in [-0.05, 0) is 56.6 Å². The number of nitrogens with zero attached hydrogens (tertiary/aromatic N) is 6. The second kappa shape index (κ2) is 11.3. The molecule has 1 saturated heterocycles. The summed E-state index contributed by atoms with van der Waals surface area (Å²) in [5.41, 5.74) is 3.27. The van der Waals surface area contributed by atoms with E-state index in [-0.39, 0.29) is 17.4 Å². The minimum Gasteiger partial charge on any atom is -0.493 e. The highest BCUT2D eigenvalue weighted by Gasteiger charge is 2.34. The van der Waals surface area contributed by atoms with Crippen LogP contribution in [-0.2, 0) is 10.2 Å². The van der Waals surface area contributed by atoms with Gasteiger partial charge in [0, 0.05) is 41.8 Å². The fraction of sp³-hybridized carbons (Fsp3) is 0.531. The minimum atomic E-state index is -1.10. The normalized spacial score (nSPS) is 14.9. The lowest BCUT2D eigenvalue weighted by atomic mass is 9.81. The van der Waals surface area contributed by atoms with Crippen molar-refractivity contribution in [3.8, 4) is 17.0 Å². The first-order chi connectivity index (χ1) is 20.6. The van der Waals surface area contributed by atoms with Crippen LogP contribution in [0.3, 0.4) is 0 Å². The first-order valence-corrected chi connectivity index (χ1v) is 15.0. The number of carbonyl (C=O) groups excluding carboxylic acids is 1. The summed E-state index contributed by atoms with van der Waals surface area (Å²) in [6.07, 6.45) is 4.88. The molecule has 0 radical (unpaired) electrons. The van der Waals surface area contributed by atoms with E-state index < -0.39 is 17.8 Å². The topological polar surface area (TPSA) is 136 Å². The average molecular weight is 606 g/mol. The summed E-state index contributed by atoms with van der Waals surface area (Å²) in [5.74, 6) is 1.31. The lowest BCUT2D eigenvalue weighted by molar-refractivity contribution is 0.0497. The molecular weight excluding hydrogens is 562 g/mol. The number of nitrogens with one attached hydrogen (secondary N) is 1. The number of aromatic nitrogens is 5. The highest BCUT2D eigenvalue weighted by Crippen LogP contribution is 2.46. The predicted octanol–water partition coefficient (Wildman–Crippen LogP) is 6.20. The number of hydrogen-bond donors (Lipinski definition) is 2. The molecule has 2 N–H and O–H groups in total. The average Bonchev–Trinajstić information content (AvgIpc) is 3.53. The summed E-state index contributed by atoms with van der Waals surface area (Å²) in [4.78, 5) is 36.8. The molecule has 1 fully saturated rings. The number of ether oxygens (including phenoxy) is 2. The molecule has 1 amide bonds. The number of amides is 1. The molecule has 5 heterocycles. The van der Waals surface area contributed by atoms with Crippen LogP contribution in [0.4, 0.5) is 15.4 Å². The summed E-state index contributed by atoms with van der Waals surface area (Å²) in [6, 6.07) is 1.81. The number of piperidine rings is 1. The van der Waals surface area contributed by atoms with Crippen molar-refractivity contribution in [2.75, 3.05) is 25.1 Å². The number of pyridine rings is 2. The molecule has 0 saturated carbocycles. The van der Waals surface area contributed by atoms with E-state index in [1.807, 2.05) is 26.8 Å². The van der Waals surface area contributed by atoms with Crippen LogP contribution in [0.15, 0.2) is 24.8 Å². The largest absolute Gasteiger partial charge is 0.493 e. The molecule has 5 rings (SSSR count). The van der Waals surface area contributed by atoms with Crippen molar-refractivity contribution < 1.29 is 24.2 Å². The Kier molecular flexibility index (Phi) is 7.98. The lowest BCUT2D eigenvalue weighted by Crippen LogP contribution is -2.46. The van der Waals surface area contributed by atoms with Crippen LogP contribution in [0, 0.1) is 0 Å². The van der Waals surface area contributed by atoms with Gasteiger partial charge in [-0.3, -0.25) is 0 Å². The summed E-state index contributed by atoms with van der Waals surface area (Å²) >= 11 is 0. The molecule has 12 nitrogen and oxygen atoms in total. The van der Waals surface area contributed by atoms with E-state index >= 15 is 0 Å². The third-order valence-corrected chi connectivity index (χ3v) is 7.90. The molecule has 0 spiro atoms. The number of hydrogen-bond acceptors (Lipinski definition) is 8. The van der Waals surface area contributed by atoms with Gasteiger partial charge in [0.25, 0.3) is 0 Å². The van der Waals surface area contributed by atoms with Gasteiger partial charge in [-0.15, -0.1) is 0 Å². The zero-order valence-corrected chi connectivity index (χ0v) is 27.1. The summed E-state index contributed by atoms with van der Waals surface area (Å²) in [7, 11) is 1.56. The van der Waals surface area contributed by atoms with Crippen LogP contribution in [0.2, 0.25) is 0 Å².